The maximum atomic E-state index is 10.8. The Labute approximate surface area is 106 Å². The highest BCUT2D eigenvalue weighted by atomic mass is 35.5. The van der Waals surface area contributed by atoms with Crippen LogP contribution in [-0.2, 0) is 5.88 Å². The summed E-state index contributed by atoms with van der Waals surface area (Å²) in [5.41, 5.74) is 1.63. The highest BCUT2D eigenvalue weighted by molar-refractivity contribution is 6.17. The summed E-state index contributed by atoms with van der Waals surface area (Å²) in [5, 5.41) is 10.8. The van der Waals surface area contributed by atoms with Crippen LogP contribution in [0, 0.1) is 10.1 Å². The zero-order valence-corrected chi connectivity index (χ0v) is 10.9. The van der Waals surface area contributed by atoms with E-state index in [1.165, 1.54) is 6.07 Å². The number of benzene rings is 1. The van der Waals surface area contributed by atoms with Crippen LogP contribution >= 0.6 is 11.6 Å². The second-order valence-electron chi connectivity index (χ2n) is 3.98. The number of halogens is 1. The molecule has 4 nitrogen and oxygen atoms in total. The fourth-order valence-electron chi connectivity index (χ4n) is 1.62. The smallest absolute Gasteiger partial charge is 0.273 e. The number of nitrogens with zero attached hydrogens (tertiary/aromatic N) is 2. The van der Waals surface area contributed by atoms with Crippen molar-refractivity contribution in [2.45, 2.75) is 25.6 Å². The second-order valence-corrected chi connectivity index (χ2v) is 4.25. The zero-order valence-electron chi connectivity index (χ0n) is 10.1. The summed E-state index contributed by atoms with van der Waals surface area (Å²) < 4.78 is 0. The van der Waals surface area contributed by atoms with E-state index in [1.807, 2.05) is 7.05 Å². The molecule has 0 aromatic heterocycles. The van der Waals surface area contributed by atoms with E-state index in [0.29, 0.717) is 5.56 Å². The monoisotopic (exact) mass is 256 g/mol. The van der Waals surface area contributed by atoms with Crippen molar-refractivity contribution in [3.05, 3.63) is 33.9 Å². The Morgan fingerprint density at radius 2 is 2.18 bits per heavy atom. The Bertz CT molecular complexity index is 396. The minimum atomic E-state index is -0.395. The highest BCUT2D eigenvalue weighted by Gasteiger charge is 2.14. The third kappa shape index (κ3) is 3.60. The molecule has 0 aliphatic heterocycles. The van der Waals surface area contributed by atoms with Gasteiger partial charge in [-0.2, -0.15) is 0 Å². The van der Waals surface area contributed by atoms with E-state index >= 15 is 0 Å². The molecule has 0 aliphatic carbocycles. The quantitative estimate of drug-likeness (QED) is 0.444. The van der Waals surface area contributed by atoms with Crippen molar-refractivity contribution >= 4 is 23.0 Å². The molecule has 0 radical (unpaired) electrons. The summed E-state index contributed by atoms with van der Waals surface area (Å²) in [6.45, 7) is 3.07. The Morgan fingerprint density at radius 3 is 2.71 bits per heavy atom. The van der Waals surface area contributed by atoms with Crippen LogP contribution in [0.1, 0.15) is 25.3 Å². The number of hydrogen-bond donors (Lipinski definition) is 0. The SMILES string of the molecule is CCCCN(C)c1ccc([N+](=O)[O-])c(CCl)c1. The average Bonchev–Trinajstić information content (AvgIpc) is 2.34. The van der Waals surface area contributed by atoms with Crippen LogP contribution < -0.4 is 4.90 Å². The lowest BCUT2D eigenvalue weighted by atomic mass is 10.1. The van der Waals surface area contributed by atoms with Crippen molar-refractivity contribution in [1.29, 1.82) is 0 Å². The summed E-state index contributed by atoms with van der Waals surface area (Å²) in [7, 11) is 1.98. The lowest BCUT2D eigenvalue weighted by molar-refractivity contribution is -0.385. The molecule has 0 aliphatic rings. The van der Waals surface area contributed by atoms with Gasteiger partial charge in [-0.3, -0.25) is 10.1 Å². The second kappa shape index (κ2) is 6.45. The number of anilines is 1. The van der Waals surface area contributed by atoms with Crippen LogP contribution in [0.3, 0.4) is 0 Å². The third-order valence-electron chi connectivity index (χ3n) is 2.69. The summed E-state index contributed by atoms with van der Waals surface area (Å²) in [5.74, 6) is 0.159. The molecule has 0 bridgehead atoms. The topological polar surface area (TPSA) is 46.4 Å². The van der Waals surface area contributed by atoms with Crippen LogP contribution in [0.5, 0.6) is 0 Å². The van der Waals surface area contributed by atoms with Crippen LogP contribution in [0.25, 0.3) is 0 Å². The molecular weight excluding hydrogens is 240 g/mol. The van der Waals surface area contributed by atoms with Gasteiger partial charge in [-0.1, -0.05) is 13.3 Å². The largest absolute Gasteiger partial charge is 0.375 e. The van der Waals surface area contributed by atoms with Gasteiger partial charge in [0, 0.05) is 30.9 Å². The van der Waals surface area contributed by atoms with Crippen LogP contribution in [0.2, 0.25) is 0 Å². The third-order valence-corrected chi connectivity index (χ3v) is 2.98. The number of hydrogen-bond acceptors (Lipinski definition) is 3. The van der Waals surface area contributed by atoms with E-state index in [1.54, 1.807) is 12.1 Å². The first kappa shape index (κ1) is 13.8. The first-order chi connectivity index (χ1) is 8.10. The van der Waals surface area contributed by atoms with Gasteiger partial charge >= 0.3 is 0 Å². The molecule has 1 aromatic carbocycles. The van der Waals surface area contributed by atoms with E-state index < -0.39 is 4.92 Å². The van der Waals surface area contributed by atoms with E-state index in [4.69, 9.17) is 11.6 Å². The number of nitro groups is 1. The molecule has 17 heavy (non-hydrogen) atoms. The minimum Gasteiger partial charge on any atom is -0.375 e. The van der Waals surface area contributed by atoms with Gasteiger partial charge < -0.3 is 4.90 Å². The fourth-order valence-corrected chi connectivity index (χ4v) is 1.83. The van der Waals surface area contributed by atoms with E-state index in [9.17, 15) is 10.1 Å². The number of nitro benzene ring substituents is 1. The first-order valence-electron chi connectivity index (χ1n) is 5.64. The van der Waals surface area contributed by atoms with E-state index in [2.05, 4.69) is 11.8 Å². The van der Waals surface area contributed by atoms with E-state index in [0.717, 1.165) is 25.1 Å². The van der Waals surface area contributed by atoms with Crippen molar-refractivity contribution in [1.82, 2.24) is 0 Å². The lowest BCUT2D eigenvalue weighted by Crippen LogP contribution is -2.18. The normalized spacial score (nSPS) is 10.3. The Morgan fingerprint density at radius 1 is 1.47 bits per heavy atom. The summed E-state index contributed by atoms with van der Waals surface area (Å²) in [4.78, 5) is 12.5. The van der Waals surface area contributed by atoms with Crippen molar-refractivity contribution in [3.63, 3.8) is 0 Å². The van der Waals surface area contributed by atoms with Crippen molar-refractivity contribution in [2.75, 3.05) is 18.5 Å². The van der Waals surface area contributed by atoms with Gasteiger partial charge in [-0.15, -0.1) is 11.6 Å². The molecule has 1 rings (SSSR count). The predicted octanol–water partition coefficient (Wildman–Crippen LogP) is 3.57. The summed E-state index contributed by atoms with van der Waals surface area (Å²) >= 11 is 5.73. The predicted molar refractivity (Wildman–Crippen MR) is 70.8 cm³/mol. The maximum absolute atomic E-state index is 10.8. The molecule has 5 heteroatoms. The Hall–Kier alpha value is -1.29. The molecule has 0 spiro atoms. The molecule has 0 N–H and O–H groups in total. The van der Waals surface area contributed by atoms with Gasteiger partial charge in [0.1, 0.15) is 0 Å². The number of unbranched alkanes of at least 4 members (excludes halogenated alkanes) is 1. The molecule has 94 valence electrons. The van der Waals surface area contributed by atoms with Gasteiger partial charge in [0.25, 0.3) is 5.69 Å². The molecule has 0 unspecified atom stereocenters. The number of rotatable bonds is 6. The van der Waals surface area contributed by atoms with Crippen molar-refractivity contribution in [3.8, 4) is 0 Å². The minimum absolute atomic E-state index is 0.0904. The van der Waals surface area contributed by atoms with Crippen molar-refractivity contribution < 1.29 is 4.92 Å². The fraction of sp³-hybridized carbons (Fsp3) is 0.500. The Kier molecular flexibility index (Phi) is 5.22. The molecule has 0 saturated heterocycles. The number of alkyl halides is 1. The molecule has 0 heterocycles. The van der Waals surface area contributed by atoms with Crippen LogP contribution in [0.4, 0.5) is 11.4 Å². The molecule has 1 aromatic rings. The zero-order chi connectivity index (χ0) is 12.8. The maximum Gasteiger partial charge on any atom is 0.273 e. The molecular formula is C12H17ClN2O2. The average molecular weight is 257 g/mol. The summed E-state index contributed by atoms with van der Waals surface area (Å²) in [6, 6.07) is 5.08. The lowest BCUT2D eigenvalue weighted by Gasteiger charge is -2.19. The van der Waals surface area contributed by atoms with Crippen LogP contribution in [-0.4, -0.2) is 18.5 Å². The van der Waals surface area contributed by atoms with Gasteiger partial charge in [0.15, 0.2) is 0 Å². The van der Waals surface area contributed by atoms with Gasteiger partial charge in [-0.05, 0) is 18.6 Å². The first-order valence-corrected chi connectivity index (χ1v) is 6.18. The molecule has 0 saturated carbocycles. The van der Waals surface area contributed by atoms with Gasteiger partial charge in [-0.25, -0.2) is 0 Å². The highest BCUT2D eigenvalue weighted by Crippen LogP contribution is 2.25. The summed E-state index contributed by atoms with van der Waals surface area (Å²) in [6.07, 6.45) is 2.23. The van der Waals surface area contributed by atoms with Crippen LogP contribution in [0.15, 0.2) is 18.2 Å². The Balaban J connectivity index is 2.92. The molecule has 0 amide bonds. The molecule has 0 atom stereocenters. The van der Waals surface area contributed by atoms with Gasteiger partial charge in [0.2, 0.25) is 0 Å². The van der Waals surface area contributed by atoms with E-state index in [-0.39, 0.29) is 11.6 Å². The standard InChI is InChI=1S/C12H17ClN2O2/c1-3-4-7-14(2)11-5-6-12(15(16)17)10(8-11)9-13/h5-6,8H,3-4,7,9H2,1-2H3. The van der Waals surface area contributed by atoms with Gasteiger partial charge in [0.05, 0.1) is 10.8 Å². The van der Waals surface area contributed by atoms with Crippen molar-refractivity contribution in [2.24, 2.45) is 0 Å². The molecule has 0 fully saturated rings.